The van der Waals surface area contributed by atoms with Crippen LogP contribution in [0.4, 0.5) is 0 Å². The zero-order valence-corrected chi connectivity index (χ0v) is 16.8. The highest BCUT2D eigenvalue weighted by Gasteiger charge is 2.10. The number of nitrogens with zero attached hydrogens (tertiary/aromatic N) is 5. The van der Waals surface area contributed by atoms with Crippen molar-refractivity contribution in [2.75, 3.05) is 20.6 Å². The average Bonchev–Trinajstić information content (AvgIpc) is 3.14. The van der Waals surface area contributed by atoms with Crippen LogP contribution in [0.25, 0.3) is 5.65 Å². The van der Waals surface area contributed by atoms with E-state index in [1.54, 1.807) is 7.05 Å². The molecular formula is C21H29N7. The molecule has 1 atom stereocenters. The Bertz CT molecular complexity index is 888. The molecule has 0 amide bonds. The van der Waals surface area contributed by atoms with Gasteiger partial charge in [0.1, 0.15) is 0 Å². The van der Waals surface area contributed by atoms with Gasteiger partial charge in [-0.1, -0.05) is 36.4 Å². The van der Waals surface area contributed by atoms with Crippen molar-refractivity contribution >= 4 is 11.6 Å². The van der Waals surface area contributed by atoms with Crippen molar-refractivity contribution in [3.05, 3.63) is 66.1 Å². The number of benzene rings is 1. The number of aliphatic imine (C=N–C) groups is 1. The number of aromatic nitrogens is 3. The molecule has 2 aromatic heterocycles. The SMILES string of the molecule is CN=C(NCCC(C)N(C)Cc1ccccc1)NCc1nnc2ccccn12. The summed E-state index contributed by atoms with van der Waals surface area (Å²) < 4.78 is 1.97. The van der Waals surface area contributed by atoms with E-state index in [4.69, 9.17) is 0 Å². The summed E-state index contributed by atoms with van der Waals surface area (Å²) in [6.07, 6.45) is 2.99. The van der Waals surface area contributed by atoms with Crippen LogP contribution in [-0.2, 0) is 13.1 Å². The summed E-state index contributed by atoms with van der Waals surface area (Å²) in [6.45, 7) is 4.62. The van der Waals surface area contributed by atoms with E-state index in [-0.39, 0.29) is 0 Å². The third-order valence-electron chi connectivity index (χ3n) is 4.90. The van der Waals surface area contributed by atoms with Gasteiger partial charge < -0.3 is 10.6 Å². The fourth-order valence-corrected chi connectivity index (χ4v) is 3.04. The van der Waals surface area contributed by atoms with Crippen LogP contribution in [-0.4, -0.2) is 52.1 Å². The molecule has 0 aliphatic rings. The van der Waals surface area contributed by atoms with Gasteiger partial charge in [0, 0.05) is 32.4 Å². The number of fused-ring (bicyclic) bond motifs is 1. The summed E-state index contributed by atoms with van der Waals surface area (Å²) in [5.74, 6) is 1.63. The van der Waals surface area contributed by atoms with Crippen LogP contribution < -0.4 is 10.6 Å². The third kappa shape index (κ3) is 5.29. The van der Waals surface area contributed by atoms with E-state index in [1.807, 2.05) is 28.8 Å². The second-order valence-corrected chi connectivity index (χ2v) is 6.94. The molecule has 148 valence electrons. The summed E-state index contributed by atoms with van der Waals surface area (Å²) in [7, 11) is 3.95. The van der Waals surface area contributed by atoms with Crippen molar-refractivity contribution in [1.82, 2.24) is 30.1 Å². The van der Waals surface area contributed by atoms with E-state index in [1.165, 1.54) is 5.56 Å². The summed E-state index contributed by atoms with van der Waals surface area (Å²) in [5.41, 5.74) is 2.18. The topological polar surface area (TPSA) is 69.8 Å². The molecule has 0 aliphatic heterocycles. The molecule has 0 saturated heterocycles. The Kier molecular flexibility index (Phi) is 6.97. The van der Waals surface area contributed by atoms with E-state index in [0.717, 1.165) is 36.9 Å². The van der Waals surface area contributed by atoms with Gasteiger partial charge in [0.25, 0.3) is 0 Å². The molecule has 3 aromatic rings. The van der Waals surface area contributed by atoms with Crippen LogP contribution in [0.15, 0.2) is 59.7 Å². The number of guanidine groups is 1. The second-order valence-electron chi connectivity index (χ2n) is 6.94. The van der Waals surface area contributed by atoms with Gasteiger partial charge in [0.2, 0.25) is 0 Å². The zero-order valence-electron chi connectivity index (χ0n) is 16.8. The molecule has 1 unspecified atom stereocenters. The molecule has 1 aromatic carbocycles. The maximum atomic E-state index is 4.30. The number of rotatable bonds is 8. The first-order valence-electron chi connectivity index (χ1n) is 9.64. The van der Waals surface area contributed by atoms with E-state index in [9.17, 15) is 0 Å². The third-order valence-corrected chi connectivity index (χ3v) is 4.90. The molecule has 7 nitrogen and oxygen atoms in total. The molecule has 2 heterocycles. The molecule has 7 heteroatoms. The van der Waals surface area contributed by atoms with Gasteiger partial charge in [-0.2, -0.15) is 0 Å². The predicted molar refractivity (Wildman–Crippen MR) is 113 cm³/mol. The number of pyridine rings is 1. The Morgan fingerprint density at radius 3 is 2.68 bits per heavy atom. The van der Waals surface area contributed by atoms with E-state index in [0.29, 0.717) is 12.6 Å². The van der Waals surface area contributed by atoms with Crippen molar-refractivity contribution < 1.29 is 0 Å². The minimum Gasteiger partial charge on any atom is -0.356 e. The molecule has 28 heavy (non-hydrogen) atoms. The largest absolute Gasteiger partial charge is 0.356 e. The van der Waals surface area contributed by atoms with Gasteiger partial charge in [-0.05, 0) is 38.1 Å². The molecule has 0 aliphatic carbocycles. The molecular weight excluding hydrogens is 350 g/mol. The highest BCUT2D eigenvalue weighted by Crippen LogP contribution is 2.08. The van der Waals surface area contributed by atoms with E-state index in [2.05, 4.69) is 75.0 Å². The maximum absolute atomic E-state index is 4.30. The lowest BCUT2D eigenvalue weighted by Crippen LogP contribution is -2.40. The molecule has 0 fully saturated rings. The van der Waals surface area contributed by atoms with Gasteiger partial charge in [-0.25, -0.2) is 0 Å². The number of nitrogens with one attached hydrogen (secondary N) is 2. The Morgan fingerprint density at radius 1 is 1.11 bits per heavy atom. The van der Waals surface area contributed by atoms with Gasteiger partial charge in [-0.15, -0.1) is 10.2 Å². The average molecular weight is 380 g/mol. The molecule has 0 saturated carbocycles. The van der Waals surface area contributed by atoms with Crippen molar-refractivity contribution in [3.63, 3.8) is 0 Å². The summed E-state index contributed by atoms with van der Waals surface area (Å²) in [6, 6.07) is 16.9. The van der Waals surface area contributed by atoms with Crippen molar-refractivity contribution in [3.8, 4) is 0 Å². The summed E-state index contributed by atoms with van der Waals surface area (Å²) >= 11 is 0. The van der Waals surface area contributed by atoms with Gasteiger partial charge >= 0.3 is 0 Å². The molecule has 2 N–H and O–H groups in total. The standard InChI is InChI=1S/C21H29N7/c1-17(27(3)16-18-9-5-4-6-10-18)12-13-23-21(22-2)24-15-20-26-25-19-11-7-8-14-28(19)20/h4-11,14,17H,12-13,15-16H2,1-3H3,(H2,22,23,24). The lowest BCUT2D eigenvalue weighted by atomic mass is 10.1. The second kappa shape index (κ2) is 9.85. The Balaban J connectivity index is 1.42. The smallest absolute Gasteiger partial charge is 0.191 e. The van der Waals surface area contributed by atoms with Crippen LogP contribution in [0.3, 0.4) is 0 Å². The fourth-order valence-electron chi connectivity index (χ4n) is 3.04. The predicted octanol–water partition coefficient (Wildman–Crippen LogP) is 2.30. The first kappa shape index (κ1) is 19.8. The Morgan fingerprint density at radius 2 is 1.89 bits per heavy atom. The minimum absolute atomic E-state index is 0.464. The monoisotopic (exact) mass is 379 g/mol. The first-order valence-corrected chi connectivity index (χ1v) is 9.64. The highest BCUT2D eigenvalue weighted by molar-refractivity contribution is 5.79. The highest BCUT2D eigenvalue weighted by atomic mass is 15.3. The van der Waals surface area contributed by atoms with E-state index < -0.39 is 0 Å². The van der Waals surface area contributed by atoms with Gasteiger partial charge in [0.05, 0.1) is 6.54 Å². The summed E-state index contributed by atoms with van der Waals surface area (Å²) in [5, 5.41) is 15.1. The molecule has 0 spiro atoms. The Hall–Kier alpha value is -2.93. The van der Waals surface area contributed by atoms with Gasteiger partial charge in [-0.3, -0.25) is 14.3 Å². The van der Waals surface area contributed by atoms with Crippen LogP contribution in [0.1, 0.15) is 24.7 Å². The van der Waals surface area contributed by atoms with Crippen molar-refractivity contribution in [1.29, 1.82) is 0 Å². The van der Waals surface area contributed by atoms with Crippen molar-refractivity contribution in [2.24, 2.45) is 4.99 Å². The van der Waals surface area contributed by atoms with Crippen LogP contribution in [0.5, 0.6) is 0 Å². The number of hydrogen-bond acceptors (Lipinski definition) is 4. The van der Waals surface area contributed by atoms with Crippen LogP contribution in [0.2, 0.25) is 0 Å². The summed E-state index contributed by atoms with van der Waals surface area (Å²) in [4.78, 5) is 6.67. The normalized spacial score (nSPS) is 13.1. The quantitative estimate of drug-likeness (QED) is 0.464. The zero-order chi connectivity index (χ0) is 19.8. The fraction of sp³-hybridized carbons (Fsp3) is 0.381. The lowest BCUT2D eigenvalue weighted by molar-refractivity contribution is 0.238. The molecule has 0 bridgehead atoms. The Labute approximate surface area is 166 Å². The first-order chi connectivity index (χ1) is 13.7. The molecule has 0 radical (unpaired) electrons. The van der Waals surface area contributed by atoms with Gasteiger partial charge in [0.15, 0.2) is 17.4 Å². The van der Waals surface area contributed by atoms with E-state index >= 15 is 0 Å². The molecule has 3 rings (SSSR count). The van der Waals surface area contributed by atoms with Crippen molar-refractivity contribution in [2.45, 2.75) is 32.5 Å². The minimum atomic E-state index is 0.464. The lowest BCUT2D eigenvalue weighted by Gasteiger charge is -2.25. The maximum Gasteiger partial charge on any atom is 0.191 e. The van der Waals surface area contributed by atoms with Crippen LogP contribution >= 0.6 is 0 Å². The number of hydrogen-bond donors (Lipinski definition) is 2. The van der Waals surface area contributed by atoms with Crippen LogP contribution in [0, 0.1) is 0 Å².